The Bertz CT molecular complexity index is 1070. The van der Waals surface area contributed by atoms with Crippen LogP contribution < -0.4 is 10.5 Å². The van der Waals surface area contributed by atoms with E-state index in [-0.39, 0.29) is 23.9 Å². The lowest BCUT2D eigenvalue weighted by Crippen LogP contribution is -2.36. The monoisotopic (exact) mass is 426 g/mol. The van der Waals surface area contributed by atoms with Crippen LogP contribution in [0, 0.1) is 6.92 Å². The van der Waals surface area contributed by atoms with Gasteiger partial charge in [0.25, 0.3) is 5.56 Å². The molecule has 30 heavy (non-hydrogen) atoms. The van der Waals surface area contributed by atoms with E-state index in [0.717, 1.165) is 48.3 Å². The van der Waals surface area contributed by atoms with Crippen LogP contribution in [0.1, 0.15) is 18.4 Å². The Hall–Kier alpha value is -2.86. The molecule has 1 aromatic carbocycles. The Kier molecular flexibility index (Phi) is 7.11. The van der Waals surface area contributed by atoms with Gasteiger partial charge in [0.2, 0.25) is 5.91 Å². The van der Waals surface area contributed by atoms with E-state index in [2.05, 4.69) is 9.88 Å². The maximum absolute atomic E-state index is 12.9. The second-order valence-corrected chi connectivity index (χ2v) is 7.49. The van der Waals surface area contributed by atoms with Crippen molar-refractivity contribution in [3.63, 3.8) is 0 Å². The minimum Gasteiger partial charge on any atom is -0.355 e. The van der Waals surface area contributed by atoms with Crippen molar-refractivity contribution in [2.24, 2.45) is 0 Å². The van der Waals surface area contributed by atoms with E-state index in [1.807, 2.05) is 54.3 Å². The molecule has 158 valence electrons. The first-order valence-corrected chi connectivity index (χ1v) is 10.2. The highest BCUT2D eigenvalue weighted by Crippen LogP contribution is 2.17. The molecule has 0 radical (unpaired) electrons. The number of hydrogen-bond donors (Lipinski definition) is 0. The number of carbonyl (C=O) groups excluding carboxylic acids is 1. The molecule has 0 saturated carbocycles. The normalized spacial score (nSPS) is 14.3. The Labute approximate surface area is 182 Å². The van der Waals surface area contributed by atoms with Gasteiger partial charge >= 0.3 is 0 Å². The summed E-state index contributed by atoms with van der Waals surface area (Å²) in [7, 11) is 0. The number of benzene rings is 1. The molecule has 1 amide bonds. The predicted molar refractivity (Wildman–Crippen MR) is 122 cm³/mol. The van der Waals surface area contributed by atoms with Crippen molar-refractivity contribution in [2.75, 3.05) is 31.1 Å². The summed E-state index contributed by atoms with van der Waals surface area (Å²) in [5, 5.41) is 1.06. The number of nitrogens with zero attached hydrogens (tertiary/aromatic N) is 4. The Morgan fingerprint density at radius 1 is 1.03 bits per heavy atom. The molecular formula is C23H27ClN4O2. The largest absolute Gasteiger partial charge is 0.355 e. The maximum atomic E-state index is 12.9. The first-order chi connectivity index (χ1) is 14.1. The van der Waals surface area contributed by atoms with Gasteiger partial charge < -0.3 is 14.4 Å². The Morgan fingerprint density at radius 3 is 2.63 bits per heavy atom. The van der Waals surface area contributed by atoms with E-state index < -0.39 is 0 Å². The summed E-state index contributed by atoms with van der Waals surface area (Å²) in [4.78, 5) is 33.9. The van der Waals surface area contributed by atoms with Crippen LogP contribution in [0.4, 0.5) is 5.82 Å². The quantitative estimate of drug-likeness (QED) is 0.642. The molecule has 3 aromatic rings. The predicted octanol–water partition coefficient (Wildman–Crippen LogP) is 3.26. The minimum absolute atomic E-state index is 0. The number of fused-ring (bicyclic) bond motifs is 1. The van der Waals surface area contributed by atoms with Gasteiger partial charge in [0, 0.05) is 56.8 Å². The molecule has 4 rings (SSSR count). The zero-order valence-electron chi connectivity index (χ0n) is 17.2. The number of rotatable bonds is 4. The fourth-order valence-corrected chi connectivity index (χ4v) is 4.04. The second kappa shape index (κ2) is 9.76. The molecule has 3 heterocycles. The molecule has 0 N–H and O–H groups in total. The number of halogens is 1. The molecule has 1 fully saturated rings. The van der Waals surface area contributed by atoms with Crippen LogP contribution in [0.15, 0.2) is 59.5 Å². The molecule has 0 atom stereocenters. The molecular weight excluding hydrogens is 400 g/mol. The van der Waals surface area contributed by atoms with Crippen molar-refractivity contribution in [2.45, 2.75) is 26.3 Å². The highest BCUT2D eigenvalue weighted by Gasteiger charge is 2.20. The highest BCUT2D eigenvalue weighted by atomic mass is 35.5. The van der Waals surface area contributed by atoms with Crippen LogP contribution in [-0.4, -0.2) is 46.5 Å². The van der Waals surface area contributed by atoms with E-state index in [4.69, 9.17) is 0 Å². The molecule has 1 saturated heterocycles. The Morgan fingerprint density at radius 2 is 1.83 bits per heavy atom. The highest BCUT2D eigenvalue weighted by molar-refractivity contribution is 5.85. The van der Waals surface area contributed by atoms with Gasteiger partial charge in [-0.15, -0.1) is 12.4 Å². The minimum atomic E-state index is -0.0498. The van der Waals surface area contributed by atoms with Crippen LogP contribution in [0.2, 0.25) is 0 Å². The molecule has 7 heteroatoms. The van der Waals surface area contributed by atoms with Crippen LogP contribution >= 0.6 is 12.4 Å². The first kappa shape index (κ1) is 21.8. The molecule has 1 aliphatic heterocycles. The van der Waals surface area contributed by atoms with Crippen molar-refractivity contribution in [3.8, 4) is 0 Å². The average molecular weight is 427 g/mol. The summed E-state index contributed by atoms with van der Waals surface area (Å²) < 4.78 is 1.72. The second-order valence-electron chi connectivity index (χ2n) is 7.49. The zero-order valence-corrected chi connectivity index (χ0v) is 18.0. The van der Waals surface area contributed by atoms with E-state index in [0.29, 0.717) is 19.5 Å². The van der Waals surface area contributed by atoms with Crippen LogP contribution in [0.5, 0.6) is 0 Å². The molecule has 1 aliphatic rings. The lowest BCUT2D eigenvalue weighted by atomic mass is 10.1. The SMILES string of the molecule is Cc1cc(=O)n(CCC(=O)N2CCCN(c3ccccn3)CC2)c2ccccc12.Cl. The number of amides is 1. The lowest BCUT2D eigenvalue weighted by molar-refractivity contribution is -0.131. The summed E-state index contributed by atoms with van der Waals surface area (Å²) in [6.45, 7) is 5.44. The molecule has 0 unspecified atom stereocenters. The van der Waals surface area contributed by atoms with Gasteiger partial charge in [0.1, 0.15) is 5.82 Å². The summed E-state index contributed by atoms with van der Waals surface area (Å²) in [6.07, 6.45) is 3.04. The number of aryl methyl sites for hydroxylation is 2. The van der Waals surface area contributed by atoms with Gasteiger partial charge in [-0.05, 0) is 37.1 Å². The van der Waals surface area contributed by atoms with Gasteiger partial charge in [-0.3, -0.25) is 9.59 Å². The summed E-state index contributed by atoms with van der Waals surface area (Å²) in [5.41, 5.74) is 1.81. The van der Waals surface area contributed by atoms with E-state index in [1.165, 1.54) is 0 Å². The number of para-hydroxylation sites is 1. The maximum Gasteiger partial charge on any atom is 0.251 e. The van der Waals surface area contributed by atoms with Gasteiger partial charge in [0.05, 0.1) is 5.52 Å². The molecule has 0 bridgehead atoms. The summed E-state index contributed by atoms with van der Waals surface area (Å²) in [5.74, 6) is 1.06. The van der Waals surface area contributed by atoms with Crippen LogP contribution in [0.3, 0.4) is 0 Å². The molecule has 6 nitrogen and oxygen atoms in total. The third-order valence-corrected chi connectivity index (χ3v) is 5.60. The standard InChI is InChI=1S/C23H26N4O2.ClH/c1-18-17-23(29)27(20-8-3-2-7-19(18)20)14-10-22(28)26-13-6-12-25(15-16-26)21-9-4-5-11-24-21;/h2-5,7-9,11,17H,6,10,12-16H2,1H3;1H. The number of aromatic nitrogens is 2. The van der Waals surface area contributed by atoms with E-state index >= 15 is 0 Å². The number of pyridine rings is 2. The zero-order chi connectivity index (χ0) is 20.2. The Balaban J connectivity index is 0.00000256. The van der Waals surface area contributed by atoms with Crippen LogP contribution in [0.25, 0.3) is 10.9 Å². The number of hydrogen-bond acceptors (Lipinski definition) is 4. The van der Waals surface area contributed by atoms with Gasteiger partial charge in [0.15, 0.2) is 0 Å². The van der Waals surface area contributed by atoms with E-state index in [1.54, 1.807) is 16.8 Å². The van der Waals surface area contributed by atoms with Gasteiger partial charge in [-0.2, -0.15) is 0 Å². The number of carbonyl (C=O) groups is 1. The lowest BCUT2D eigenvalue weighted by Gasteiger charge is -2.23. The third kappa shape index (κ3) is 4.65. The average Bonchev–Trinajstić information content (AvgIpc) is 3.00. The molecule has 0 spiro atoms. The molecule has 2 aromatic heterocycles. The van der Waals surface area contributed by atoms with Gasteiger partial charge in [-0.1, -0.05) is 24.3 Å². The summed E-state index contributed by atoms with van der Waals surface area (Å²) >= 11 is 0. The van der Waals surface area contributed by atoms with Gasteiger partial charge in [-0.25, -0.2) is 4.98 Å². The van der Waals surface area contributed by atoms with Crippen molar-refractivity contribution in [1.29, 1.82) is 0 Å². The van der Waals surface area contributed by atoms with Crippen LogP contribution in [-0.2, 0) is 11.3 Å². The fraction of sp³-hybridized carbons (Fsp3) is 0.348. The van der Waals surface area contributed by atoms with E-state index in [9.17, 15) is 9.59 Å². The first-order valence-electron chi connectivity index (χ1n) is 10.2. The van der Waals surface area contributed by atoms with Crippen molar-refractivity contribution in [3.05, 3.63) is 70.6 Å². The number of anilines is 1. The topological polar surface area (TPSA) is 58.4 Å². The van der Waals surface area contributed by atoms with Crippen molar-refractivity contribution < 1.29 is 4.79 Å². The van der Waals surface area contributed by atoms with Crippen molar-refractivity contribution >= 4 is 35.0 Å². The molecule has 0 aliphatic carbocycles. The third-order valence-electron chi connectivity index (χ3n) is 5.60. The smallest absolute Gasteiger partial charge is 0.251 e. The summed E-state index contributed by atoms with van der Waals surface area (Å²) in [6, 6.07) is 15.4. The fourth-order valence-electron chi connectivity index (χ4n) is 4.04. The van der Waals surface area contributed by atoms with Crippen molar-refractivity contribution in [1.82, 2.24) is 14.5 Å².